The van der Waals surface area contributed by atoms with E-state index in [0.29, 0.717) is 25.7 Å². The number of aliphatic carboxylic acids is 1. The standard InChI is InChI=1S/C13H20F3NO3/c14-13(15,16)10-6-2-1-5-9(10)12(20)17-8-4-3-7-11(18)19/h9-10H,1-8H2,(H,17,20)(H,18,19). The molecule has 1 saturated carbocycles. The van der Waals surface area contributed by atoms with E-state index >= 15 is 0 Å². The highest BCUT2D eigenvalue weighted by atomic mass is 19.4. The molecule has 1 fully saturated rings. The zero-order valence-corrected chi connectivity index (χ0v) is 11.2. The van der Waals surface area contributed by atoms with E-state index in [0.717, 1.165) is 0 Å². The summed E-state index contributed by atoms with van der Waals surface area (Å²) < 4.78 is 38.5. The molecular weight excluding hydrogens is 275 g/mol. The summed E-state index contributed by atoms with van der Waals surface area (Å²) in [6.07, 6.45) is -2.03. The van der Waals surface area contributed by atoms with E-state index < -0.39 is 29.9 Å². The minimum absolute atomic E-state index is 0.00444. The van der Waals surface area contributed by atoms with Crippen LogP contribution in [0.15, 0.2) is 0 Å². The Labute approximate surface area is 115 Å². The molecule has 0 aromatic rings. The molecule has 0 aliphatic heterocycles. The van der Waals surface area contributed by atoms with Gasteiger partial charge in [-0.25, -0.2) is 0 Å². The molecule has 0 bridgehead atoms. The third-order valence-corrected chi connectivity index (χ3v) is 3.64. The summed E-state index contributed by atoms with van der Waals surface area (Å²) in [5.74, 6) is -4.01. The third kappa shape index (κ3) is 5.38. The molecule has 0 spiro atoms. The fourth-order valence-corrected chi connectivity index (χ4v) is 2.58. The summed E-state index contributed by atoms with van der Waals surface area (Å²) in [5, 5.41) is 10.9. The molecule has 0 saturated heterocycles. The molecule has 2 N–H and O–H groups in total. The predicted octanol–water partition coefficient (Wildman–Crippen LogP) is 2.73. The summed E-state index contributed by atoms with van der Waals surface area (Å²) in [5.41, 5.74) is 0. The zero-order chi connectivity index (χ0) is 15.2. The number of halogens is 3. The van der Waals surface area contributed by atoms with Gasteiger partial charge >= 0.3 is 12.1 Å². The number of unbranched alkanes of at least 4 members (excludes halogenated alkanes) is 1. The number of rotatable bonds is 6. The second-order valence-corrected chi connectivity index (χ2v) is 5.18. The van der Waals surface area contributed by atoms with Crippen LogP contribution in [0.25, 0.3) is 0 Å². The Bertz CT molecular complexity index is 344. The van der Waals surface area contributed by atoms with Crippen LogP contribution in [0.5, 0.6) is 0 Å². The van der Waals surface area contributed by atoms with Crippen LogP contribution in [0.1, 0.15) is 44.9 Å². The first-order chi connectivity index (χ1) is 9.32. The number of hydrogen-bond donors (Lipinski definition) is 2. The van der Waals surface area contributed by atoms with E-state index in [1.54, 1.807) is 0 Å². The van der Waals surface area contributed by atoms with Gasteiger partial charge < -0.3 is 10.4 Å². The van der Waals surface area contributed by atoms with Crippen molar-refractivity contribution >= 4 is 11.9 Å². The number of alkyl halides is 3. The molecule has 1 aliphatic carbocycles. The van der Waals surface area contributed by atoms with Crippen molar-refractivity contribution < 1.29 is 27.9 Å². The second-order valence-electron chi connectivity index (χ2n) is 5.18. The summed E-state index contributed by atoms with van der Waals surface area (Å²) in [7, 11) is 0. The molecule has 1 aliphatic rings. The lowest BCUT2D eigenvalue weighted by atomic mass is 9.78. The summed E-state index contributed by atoms with van der Waals surface area (Å²) in [4.78, 5) is 22.1. The average molecular weight is 295 g/mol. The number of amides is 1. The van der Waals surface area contributed by atoms with Crippen LogP contribution < -0.4 is 5.32 Å². The first-order valence-electron chi connectivity index (χ1n) is 6.88. The van der Waals surface area contributed by atoms with Crippen molar-refractivity contribution in [3.8, 4) is 0 Å². The zero-order valence-electron chi connectivity index (χ0n) is 11.2. The Kier molecular flexibility index (Phi) is 6.29. The first-order valence-corrected chi connectivity index (χ1v) is 6.88. The molecule has 2 unspecified atom stereocenters. The third-order valence-electron chi connectivity index (χ3n) is 3.64. The Hall–Kier alpha value is -1.27. The number of nitrogens with one attached hydrogen (secondary N) is 1. The molecule has 0 aromatic carbocycles. The summed E-state index contributed by atoms with van der Waals surface area (Å²) >= 11 is 0. The lowest BCUT2D eigenvalue weighted by Gasteiger charge is -2.32. The molecular formula is C13H20F3NO3. The number of carboxylic acids is 1. The Morgan fingerprint density at radius 2 is 1.80 bits per heavy atom. The van der Waals surface area contributed by atoms with Gasteiger partial charge in [0.25, 0.3) is 0 Å². The van der Waals surface area contributed by atoms with Crippen molar-refractivity contribution in [2.75, 3.05) is 6.54 Å². The molecule has 7 heteroatoms. The number of carbonyl (C=O) groups is 2. The van der Waals surface area contributed by atoms with Gasteiger partial charge in [0.1, 0.15) is 0 Å². The smallest absolute Gasteiger partial charge is 0.392 e. The van der Waals surface area contributed by atoms with E-state index in [-0.39, 0.29) is 25.8 Å². The van der Waals surface area contributed by atoms with E-state index in [2.05, 4.69) is 5.32 Å². The number of hydrogen-bond acceptors (Lipinski definition) is 2. The minimum Gasteiger partial charge on any atom is -0.481 e. The van der Waals surface area contributed by atoms with Gasteiger partial charge in [-0.3, -0.25) is 9.59 Å². The van der Waals surface area contributed by atoms with Crippen LogP contribution in [0.4, 0.5) is 13.2 Å². The molecule has 0 radical (unpaired) electrons. The maximum absolute atomic E-state index is 12.8. The molecule has 116 valence electrons. The Morgan fingerprint density at radius 1 is 1.15 bits per heavy atom. The molecule has 0 aromatic heterocycles. The van der Waals surface area contributed by atoms with Crippen molar-refractivity contribution in [2.45, 2.75) is 51.1 Å². The number of carbonyl (C=O) groups excluding carboxylic acids is 1. The van der Waals surface area contributed by atoms with Gasteiger partial charge in [-0.2, -0.15) is 13.2 Å². The van der Waals surface area contributed by atoms with Crippen molar-refractivity contribution in [1.29, 1.82) is 0 Å². The molecule has 1 rings (SSSR count). The molecule has 20 heavy (non-hydrogen) atoms. The number of carboxylic acid groups (broad SMARTS) is 1. The maximum atomic E-state index is 12.8. The van der Waals surface area contributed by atoms with Gasteiger partial charge in [-0.05, 0) is 25.7 Å². The lowest BCUT2D eigenvalue weighted by molar-refractivity contribution is -0.198. The van der Waals surface area contributed by atoms with Crippen molar-refractivity contribution in [3.63, 3.8) is 0 Å². The van der Waals surface area contributed by atoms with Gasteiger partial charge in [0, 0.05) is 18.9 Å². The van der Waals surface area contributed by atoms with Crippen LogP contribution in [-0.2, 0) is 9.59 Å². The van der Waals surface area contributed by atoms with Gasteiger partial charge in [0.2, 0.25) is 5.91 Å². The summed E-state index contributed by atoms with van der Waals surface area (Å²) in [6, 6.07) is 0. The van der Waals surface area contributed by atoms with E-state index in [1.807, 2.05) is 0 Å². The first kappa shape index (κ1) is 16.8. The van der Waals surface area contributed by atoms with Crippen LogP contribution in [-0.4, -0.2) is 29.7 Å². The molecule has 1 amide bonds. The van der Waals surface area contributed by atoms with Gasteiger partial charge in [0.15, 0.2) is 0 Å². The largest absolute Gasteiger partial charge is 0.481 e. The maximum Gasteiger partial charge on any atom is 0.392 e. The molecule has 0 heterocycles. The SMILES string of the molecule is O=C(O)CCCCNC(=O)C1CCCCC1C(F)(F)F. The van der Waals surface area contributed by atoms with Gasteiger partial charge in [0.05, 0.1) is 5.92 Å². The normalized spacial score (nSPS) is 23.4. The summed E-state index contributed by atoms with van der Waals surface area (Å²) in [6.45, 7) is 0.229. The van der Waals surface area contributed by atoms with E-state index in [9.17, 15) is 22.8 Å². The Morgan fingerprint density at radius 3 is 2.40 bits per heavy atom. The fourth-order valence-electron chi connectivity index (χ4n) is 2.58. The highest BCUT2D eigenvalue weighted by Gasteiger charge is 2.47. The van der Waals surface area contributed by atoms with Crippen LogP contribution in [0, 0.1) is 11.8 Å². The highest BCUT2D eigenvalue weighted by molar-refractivity contribution is 5.79. The van der Waals surface area contributed by atoms with E-state index in [4.69, 9.17) is 5.11 Å². The quantitative estimate of drug-likeness (QED) is 0.740. The predicted molar refractivity (Wildman–Crippen MR) is 66.0 cm³/mol. The van der Waals surface area contributed by atoms with Crippen LogP contribution in [0.2, 0.25) is 0 Å². The van der Waals surface area contributed by atoms with Crippen molar-refractivity contribution in [1.82, 2.24) is 5.32 Å². The van der Waals surface area contributed by atoms with Crippen molar-refractivity contribution in [3.05, 3.63) is 0 Å². The molecule has 2 atom stereocenters. The van der Waals surface area contributed by atoms with Gasteiger partial charge in [-0.15, -0.1) is 0 Å². The monoisotopic (exact) mass is 295 g/mol. The second kappa shape index (κ2) is 7.50. The Balaban J connectivity index is 2.38. The highest BCUT2D eigenvalue weighted by Crippen LogP contribution is 2.41. The lowest BCUT2D eigenvalue weighted by Crippen LogP contribution is -2.42. The van der Waals surface area contributed by atoms with Crippen LogP contribution in [0.3, 0.4) is 0 Å². The average Bonchev–Trinajstić information content (AvgIpc) is 2.36. The fraction of sp³-hybridized carbons (Fsp3) is 0.846. The van der Waals surface area contributed by atoms with Gasteiger partial charge in [-0.1, -0.05) is 12.8 Å². The van der Waals surface area contributed by atoms with Crippen molar-refractivity contribution in [2.24, 2.45) is 11.8 Å². The topological polar surface area (TPSA) is 66.4 Å². The molecule has 4 nitrogen and oxygen atoms in total. The minimum atomic E-state index is -4.33. The van der Waals surface area contributed by atoms with E-state index in [1.165, 1.54) is 0 Å². The van der Waals surface area contributed by atoms with Crippen LogP contribution >= 0.6 is 0 Å².